The lowest BCUT2D eigenvalue weighted by molar-refractivity contribution is 0.0954. The predicted molar refractivity (Wildman–Crippen MR) is 73.4 cm³/mol. The van der Waals surface area contributed by atoms with Crippen molar-refractivity contribution in [3.63, 3.8) is 0 Å². The van der Waals surface area contributed by atoms with E-state index < -0.39 is 11.7 Å². The maximum atomic E-state index is 13.3. The Balaban J connectivity index is 2.03. The van der Waals surface area contributed by atoms with Crippen LogP contribution in [0.2, 0.25) is 0 Å². The monoisotopic (exact) mass is 321 g/mol. The molecule has 0 saturated carbocycles. The number of benzene rings is 1. The quantitative estimate of drug-likeness (QED) is 0.698. The molecule has 19 heavy (non-hydrogen) atoms. The molecule has 2 aromatic rings. The molecule has 0 bridgehead atoms. The molecule has 0 radical (unpaired) electrons. The minimum absolute atomic E-state index is 0.301. The number of nitrogens with zero attached hydrogens (tertiary/aromatic N) is 2. The lowest BCUT2D eigenvalue weighted by atomic mass is 10.2. The molecule has 4 nitrogen and oxygen atoms in total. The van der Waals surface area contributed by atoms with Crippen molar-refractivity contribution in [3.8, 4) is 0 Å². The summed E-state index contributed by atoms with van der Waals surface area (Å²) in [6.45, 7) is 0. The van der Waals surface area contributed by atoms with Gasteiger partial charge >= 0.3 is 0 Å². The summed E-state index contributed by atoms with van der Waals surface area (Å²) in [4.78, 5) is 15.6. The fourth-order valence-electron chi connectivity index (χ4n) is 1.34. The molecular weight excluding hydrogens is 313 g/mol. The highest BCUT2D eigenvalue weighted by Gasteiger charge is 2.04. The van der Waals surface area contributed by atoms with E-state index in [4.69, 9.17) is 0 Å². The number of pyridine rings is 1. The van der Waals surface area contributed by atoms with Crippen LogP contribution in [0.25, 0.3) is 0 Å². The van der Waals surface area contributed by atoms with Gasteiger partial charge in [-0.05, 0) is 28.1 Å². The molecule has 0 aliphatic rings. The molecule has 0 aliphatic heterocycles. The Morgan fingerprint density at radius 2 is 2.16 bits per heavy atom. The van der Waals surface area contributed by atoms with Crippen LogP contribution in [0, 0.1) is 5.82 Å². The van der Waals surface area contributed by atoms with E-state index >= 15 is 0 Å². The molecule has 0 fully saturated rings. The fraction of sp³-hybridized carbons (Fsp3) is 0. The highest BCUT2D eigenvalue weighted by atomic mass is 79.9. The Hall–Kier alpha value is -2.08. The largest absolute Gasteiger partial charge is 0.272 e. The minimum Gasteiger partial charge on any atom is -0.267 e. The average molecular weight is 322 g/mol. The van der Waals surface area contributed by atoms with Crippen LogP contribution in [0.3, 0.4) is 0 Å². The average Bonchev–Trinajstić information content (AvgIpc) is 2.41. The first kappa shape index (κ1) is 13.4. The first-order valence-corrected chi connectivity index (χ1v) is 6.14. The SMILES string of the molecule is O=C(N/N=C/c1ccccc1F)c1cncc(Br)c1. The summed E-state index contributed by atoms with van der Waals surface area (Å²) in [5.41, 5.74) is 2.97. The fourth-order valence-corrected chi connectivity index (χ4v) is 1.71. The normalized spacial score (nSPS) is 10.6. The van der Waals surface area contributed by atoms with Crippen molar-refractivity contribution in [2.45, 2.75) is 0 Å². The molecule has 1 amide bonds. The van der Waals surface area contributed by atoms with Gasteiger partial charge < -0.3 is 0 Å². The minimum atomic E-state index is -0.415. The van der Waals surface area contributed by atoms with Gasteiger partial charge in [-0.2, -0.15) is 5.10 Å². The molecule has 96 valence electrons. The zero-order valence-electron chi connectivity index (χ0n) is 9.68. The summed E-state index contributed by atoms with van der Waals surface area (Å²) in [6.07, 6.45) is 4.23. The van der Waals surface area contributed by atoms with Gasteiger partial charge in [0, 0.05) is 22.4 Å². The summed E-state index contributed by atoms with van der Waals surface area (Å²) in [6, 6.07) is 7.76. The van der Waals surface area contributed by atoms with E-state index in [2.05, 4.69) is 31.4 Å². The van der Waals surface area contributed by atoms with E-state index in [1.54, 1.807) is 30.5 Å². The van der Waals surface area contributed by atoms with Crippen molar-refractivity contribution in [1.82, 2.24) is 10.4 Å². The Bertz CT molecular complexity index is 631. The molecule has 0 atom stereocenters. The van der Waals surface area contributed by atoms with Crippen molar-refractivity contribution < 1.29 is 9.18 Å². The highest BCUT2D eigenvalue weighted by molar-refractivity contribution is 9.10. The lowest BCUT2D eigenvalue weighted by Gasteiger charge is -2.00. The van der Waals surface area contributed by atoms with Crippen LogP contribution in [0.1, 0.15) is 15.9 Å². The second-order valence-electron chi connectivity index (χ2n) is 3.61. The van der Waals surface area contributed by atoms with Crippen LogP contribution in [0.5, 0.6) is 0 Å². The van der Waals surface area contributed by atoms with Crippen molar-refractivity contribution in [3.05, 3.63) is 64.1 Å². The van der Waals surface area contributed by atoms with Gasteiger partial charge in [0.05, 0.1) is 11.8 Å². The van der Waals surface area contributed by atoms with Gasteiger partial charge in [0.2, 0.25) is 0 Å². The first-order chi connectivity index (χ1) is 9.16. The van der Waals surface area contributed by atoms with Crippen LogP contribution < -0.4 is 5.43 Å². The Morgan fingerprint density at radius 3 is 2.89 bits per heavy atom. The molecule has 6 heteroatoms. The number of rotatable bonds is 3. The number of hydrogen-bond acceptors (Lipinski definition) is 3. The molecule has 2 rings (SSSR count). The van der Waals surface area contributed by atoms with Crippen molar-refractivity contribution in [2.75, 3.05) is 0 Å². The third-order valence-corrected chi connectivity index (χ3v) is 2.68. The maximum absolute atomic E-state index is 13.3. The van der Waals surface area contributed by atoms with Crippen molar-refractivity contribution in [1.29, 1.82) is 0 Å². The van der Waals surface area contributed by atoms with Crippen molar-refractivity contribution >= 4 is 28.1 Å². The maximum Gasteiger partial charge on any atom is 0.272 e. The van der Waals surface area contributed by atoms with Crippen LogP contribution in [-0.2, 0) is 0 Å². The molecule has 1 N–H and O–H groups in total. The van der Waals surface area contributed by atoms with Gasteiger partial charge in [-0.1, -0.05) is 18.2 Å². The molecular formula is C13H9BrFN3O. The van der Waals surface area contributed by atoms with Crippen LogP contribution in [0.4, 0.5) is 4.39 Å². The second kappa shape index (κ2) is 6.19. The molecule has 0 aliphatic carbocycles. The van der Waals surface area contributed by atoms with E-state index in [0.717, 1.165) is 0 Å². The molecule has 0 saturated heterocycles. The molecule has 1 aromatic heterocycles. The van der Waals surface area contributed by atoms with Gasteiger partial charge in [0.25, 0.3) is 5.91 Å². The van der Waals surface area contributed by atoms with Gasteiger partial charge in [-0.25, -0.2) is 9.82 Å². The van der Waals surface area contributed by atoms with Gasteiger partial charge in [-0.15, -0.1) is 0 Å². The summed E-state index contributed by atoms with van der Waals surface area (Å²) in [7, 11) is 0. The van der Waals surface area contributed by atoms with E-state index in [0.29, 0.717) is 15.6 Å². The Kier molecular flexibility index (Phi) is 4.35. The number of halogens is 2. The summed E-state index contributed by atoms with van der Waals surface area (Å²) >= 11 is 3.21. The van der Waals surface area contributed by atoms with Crippen LogP contribution in [-0.4, -0.2) is 17.1 Å². The molecule has 0 spiro atoms. The smallest absolute Gasteiger partial charge is 0.267 e. The standard InChI is InChI=1S/C13H9BrFN3O/c14-11-5-10(6-16-8-11)13(19)18-17-7-9-3-1-2-4-12(9)15/h1-8H,(H,18,19)/b17-7+. The van der Waals surface area contributed by atoms with Gasteiger partial charge in [0.1, 0.15) is 5.82 Å². The Morgan fingerprint density at radius 1 is 1.37 bits per heavy atom. The third kappa shape index (κ3) is 3.69. The Labute approximate surface area is 117 Å². The topological polar surface area (TPSA) is 54.4 Å². The van der Waals surface area contributed by atoms with Crippen molar-refractivity contribution in [2.24, 2.45) is 5.10 Å². The van der Waals surface area contributed by atoms with E-state index in [-0.39, 0.29) is 0 Å². The summed E-state index contributed by atoms with van der Waals surface area (Å²) < 4.78 is 14.0. The number of carbonyl (C=O) groups is 1. The lowest BCUT2D eigenvalue weighted by Crippen LogP contribution is -2.17. The summed E-state index contributed by atoms with van der Waals surface area (Å²) in [5, 5.41) is 3.70. The number of hydrogen-bond donors (Lipinski definition) is 1. The van der Waals surface area contributed by atoms with E-state index in [1.165, 1.54) is 18.5 Å². The van der Waals surface area contributed by atoms with Crippen LogP contribution >= 0.6 is 15.9 Å². The second-order valence-corrected chi connectivity index (χ2v) is 4.53. The zero-order valence-corrected chi connectivity index (χ0v) is 11.3. The highest BCUT2D eigenvalue weighted by Crippen LogP contribution is 2.09. The summed E-state index contributed by atoms with van der Waals surface area (Å²) in [5.74, 6) is -0.814. The molecule has 0 unspecified atom stereocenters. The number of aromatic nitrogens is 1. The molecule has 1 aromatic carbocycles. The predicted octanol–water partition coefficient (Wildman–Crippen LogP) is 2.75. The van der Waals surface area contributed by atoms with E-state index in [9.17, 15) is 9.18 Å². The third-order valence-electron chi connectivity index (χ3n) is 2.24. The number of carbonyl (C=O) groups excluding carboxylic acids is 1. The number of nitrogens with one attached hydrogen (secondary N) is 1. The molecule has 1 heterocycles. The van der Waals surface area contributed by atoms with E-state index in [1.807, 2.05) is 0 Å². The van der Waals surface area contributed by atoms with Gasteiger partial charge in [0.15, 0.2) is 0 Å². The van der Waals surface area contributed by atoms with Crippen LogP contribution in [0.15, 0.2) is 52.3 Å². The number of amides is 1. The van der Waals surface area contributed by atoms with Gasteiger partial charge in [-0.3, -0.25) is 9.78 Å². The first-order valence-electron chi connectivity index (χ1n) is 5.35. The number of hydrazone groups is 1. The zero-order chi connectivity index (χ0) is 13.7.